The quantitative estimate of drug-likeness (QED) is 0.819. The van der Waals surface area contributed by atoms with E-state index < -0.39 is 5.97 Å². The van der Waals surface area contributed by atoms with Gasteiger partial charge in [0.05, 0.1) is 18.2 Å². The summed E-state index contributed by atoms with van der Waals surface area (Å²) < 4.78 is 3.39. The van der Waals surface area contributed by atoms with Gasteiger partial charge in [0.15, 0.2) is 5.69 Å². The number of hydrogen-bond donors (Lipinski definition) is 1. The van der Waals surface area contributed by atoms with Gasteiger partial charge in [0.25, 0.3) is 0 Å². The molecule has 20 heavy (non-hydrogen) atoms. The van der Waals surface area contributed by atoms with Gasteiger partial charge in [-0.15, -0.1) is 5.10 Å². The Balaban J connectivity index is 2.33. The highest BCUT2D eigenvalue weighted by molar-refractivity contribution is 5.92. The molecule has 0 saturated carbocycles. The third-order valence-electron chi connectivity index (χ3n) is 2.97. The molecule has 0 aromatic carbocycles. The van der Waals surface area contributed by atoms with Crippen LogP contribution < -0.4 is 0 Å². The number of aryl methyl sites for hydroxylation is 2. The van der Waals surface area contributed by atoms with Gasteiger partial charge in [0.2, 0.25) is 0 Å². The van der Waals surface area contributed by atoms with Crippen LogP contribution in [0.5, 0.6) is 0 Å². The number of carboxylic acid groups (broad SMARTS) is 1. The summed E-state index contributed by atoms with van der Waals surface area (Å²) in [5.74, 6) is -1.08. The molecule has 0 aliphatic carbocycles. The molecule has 0 bridgehead atoms. The van der Waals surface area contributed by atoms with Crippen LogP contribution in [0, 0.1) is 0 Å². The molecular weight excluding hydrogens is 260 g/mol. The number of imidazole rings is 1. The second-order valence-electron chi connectivity index (χ2n) is 4.86. The molecule has 0 radical (unpaired) electrons. The van der Waals surface area contributed by atoms with E-state index >= 15 is 0 Å². The van der Waals surface area contributed by atoms with Gasteiger partial charge in [0.1, 0.15) is 5.69 Å². The highest BCUT2D eigenvalue weighted by atomic mass is 16.4. The molecule has 8 heteroatoms. The van der Waals surface area contributed by atoms with Crippen LogP contribution in [0.2, 0.25) is 0 Å². The van der Waals surface area contributed by atoms with Crippen molar-refractivity contribution in [3.63, 3.8) is 0 Å². The summed E-state index contributed by atoms with van der Waals surface area (Å²) in [6.45, 7) is 1.51. The Morgan fingerprint density at radius 3 is 2.75 bits per heavy atom. The highest BCUT2D eigenvalue weighted by Crippen LogP contribution is 2.21. The fraction of sp³-hybridized carbons (Fsp3) is 0.500. The molecule has 0 spiro atoms. The Bertz CT molecular complexity index is 601. The van der Waals surface area contributed by atoms with Crippen LogP contribution in [0.4, 0.5) is 0 Å². The summed E-state index contributed by atoms with van der Waals surface area (Å²) in [7, 11) is 5.79. The lowest BCUT2D eigenvalue weighted by molar-refractivity contribution is 0.0691. The van der Waals surface area contributed by atoms with Crippen LogP contribution in [0.1, 0.15) is 16.9 Å². The predicted molar refractivity (Wildman–Crippen MR) is 72.4 cm³/mol. The number of rotatable bonds is 6. The van der Waals surface area contributed by atoms with Crippen LogP contribution in [0.25, 0.3) is 11.4 Å². The van der Waals surface area contributed by atoms with Gasteiger partial charge in [-0.05, 0) is 27.1 Å². The van der Waals surface area contributed by atoms with Gasteiger partial charge in [-0.25, -0.2) is 14.5 Å². The summed E-state index contributed by atoms with van der Waals surface area (Å²) >= 11 is 0. The van der Waals surface area contributed by atoms with Crippen LogP contribution in [0.15, 0.2) is 12.5 Å². The second-order valence-corrected chi connectivity index (χ2v) is 4.86. The molecule has 0 atom stereocenters. The largest absolute Gasteiger partial charge is 0.476 e. The van der Waals surface area contributed by atoms with Crippen LogP contribution in [-0.2, 0) is 13.6 Å². The van der Waals surface area contributed by atoms with Crippen molar-refractivity contribution in [3.8, 4) is 11.4 Å². The van der Waals surface area contributed by atoms with E-state index in [1.54, 1.807) is 21.8 Å². The molecule has 0 fully saturated rings. The summed E-state index contributed by atoms with van der Waals surface area (Å²) in [4.78, 5) is 17.4. The number of carbonyl (C=O) groups is 1. The number of aromatic nitrogens is 5. The monoisotopic (exact) mass is 278 g/mol. The van der Waals surface area contributed by atoms with Crippen molar-refractivity contribution in [2.45, 2.75) is 13.0 Å². The molecule has 2 heterocycles. The SMILES string of the molecule is CN(C)CCCn1nnc(C(=O)O)c1-c1cncn1C. The van der Waals surface area contributed by atoms with E-state index in [2.05, 4.69) is 20.2 Å². The summed E-state index contributed by atoms with van der Waals surface area (Å²) in [5, 5.41) is 17.0. The van der Waals surface area contributed by atoms with E-state index in [-0.39, 0.29) is 5.69 Å². The van der Waals surface area contributed by atoms with Crippen LogP contribution >= 0.6 is 0 Å². The van der Waals surface area contributed by atoms with E-state index in [9.17, 15) is 9.90 Å². The van der Waals surface area contributed by atoms with Gasteiger partial charge < -0.3 is 14.6 Å². The standard InChI is InChI=1S/C12H18N6O2/c1-16(2)5-4-6-18-11(9-7-13-8-17(9)3)10(12(19)20)14-15-18/h7-8H,4-6H2,1-3H3,(H,19,20). The van der Waals surface area contributed by atoms with E-state index in [0.717, 1.165) is 13.0 Å². The van der Waals surface area contributed by atoms with Crippen molar-refractivity contribution >= 4 is 5.97 Å². The third-order valence-corrected chi connectivity index (χ3v) is 2.97. The number of carboxylic acids is 1. The average Bonchev–Trinajstić information content (AvgIpc) is 2.94. The smallest absolute Gasteiger partial charge is 0.358 e. The minimum Gasteiger partial charge on any atom is -0.476 e. The minimum atomic E-state index is -1.08. The van der Waals surface area contributed by atoms with E-state index in [1.807, 2.05) is 21.1 Å². The van der Waals surface area contributed by atoms with Crippen molar-refractivity contribution in [2.75, 3.05) is 20.6 Å². The molecule has 1 N–H and O–H groups in total. The molecule has 0 amide bonds. The Labute approximate surface area is 116 Å². The van der Waals surface area contributed by atoms with Crippen molar-refractivity contribution in [1.82, 2.24) is 29.4 Å². The Hall–Kier alpha value is -2.22. The Morgan fingerprint density at radius 2 is 2.20 bits per heavy atom. The third kappa shape index (κ3) is 2.85. The molecule has 2 aromatic rings. The first kappa shape index (κ1) is 14.2. The molecule has 0 unspecified atom stereocenters. The molecule has 2 aromatic heterocycles. The summed E-state index contributed by atoms with van der Waals surface area (Å²) in [6.07, 6.45) is 4.10. The molecule has 8 nitrogen and oxygen atoms in total. The maximum atomic E-state index is 11.3. The van der Waals surface area contributed by atoms with Gasteiger partial charge in [0, 0.05) is 13.6 Å². The first-order valence-electron chi connectivity index (χ1n) is 6.29. The maximum absolute atomic E-state index is 11.3. The zero-order chi connectivity index (χ0) is 14.7. The summed E-state index contributed by atoms with van der Waals surface area (Å²) in [5.41, 5.74) is 1.15. The first-order valence-corrected chi connectivity index (χ1v) is 6.29. The topological polar surface area (TPSA) is 89.1 Å². The normalized spacial score (nSPS) is 11.2. The van der Waals surface area contributed by atoms with Crippen molar-refractivity contribution < 1.29 is 9.90 Å². The van der Waals surface area contributed by atoms with Crippen molar-refractivity contribution in [1.29, 1.82) is 0 Å². The summed E-state index contributed by atoms with van der Waals surface area (Å²) in [6, 6.07) is 0. The van der Waals surface area contributed by atoms with E-state index in [4.69, 9.17) is 0 Å². The van der Waals surface area contributed by atoms with Gasteiger partial charge in [-0.3, -0.25) is 0 Å². The zero-order valence-electron chi connectivity index (χ0n) is 11.8. The zero-order valence-corrected chi connectivity index (χ0v) is 11.8. The lowest BCUT2D eigenvalue weighted by atomic mass is 10.2. The fourth-order valence-electron chi connectivity index (χ4n) is 1.99. The lowest BCUT2D eigenvalue weighted by Crippen LogP contribution is -2.16. The van der Waals surface area contributed by atoms with Gasteiger partial charge >= 0.3 is 5.97 Å². The maximum Gasteiger partial charge on any atom is 0.358 e. The van der Waals surface area contributed by atoms with Gasteiger partial charge in [-0.2, -0.15) is 0 Å². The van der Waals surface area contributed by atoms with Crippen molar-refractivity contribution in [3.05, 3.63) is 18.2 Å². The van der Waals surface area contributed by atoms with E-state index in [0.29, 0.717) is 17.9 Å². The molecule has 2 rings (SSSR count). The molecule has 0 aliphatic heterocycles. The Morgan fingerprint density at radius 1 is 1.45 bits per heavy atom. The molecule has 0 saturated heterocycles. The second kappa shape index (κ2) is 5.83. The van der Waals surface area contributed by atoms with Crippen molar-refractivity contribution in [2.24, 2.45) is 7.05 Å². The molecule has 108 valence electrons. The Kier molecular flexibility index (Phi) is 4.14. The predicted octanol–water partition coefficient (Wildman–Crippen LogP) is 0.328. The number of aromatic carboxylic acids is 1. The van der Waals surface area contributed by atoms with Crippen LogP contribution in [-0.4, -0.2) is 61.2 Å². The number of hydrogen-bond acceptors (Lipinski definition) is 5. The molecule has 0 aliphatic rings. The number of nitrogens with zero attached hydrogens (tertiary/aromatic N) is 6. The first-order chi connectivity index (χ1) is 9.50. The van der Waals surface area contributed by atoms with E-state index in [1.165, 1.54) is 0 Å². The highest BCUT2D eigenvalue weighted by Gasteiger charge is 2.22. The molecular formula is C12H18N6O2. The average molecular weight is 278 g/mol. The fourth-order valence-corrected chi connectivity index (χ4v) is 1.99. The lowest BCUT2D eigenvalue weighted by Gasteiger charge is -2.10. The van der Waals surface area contributed by atoms with Crippen LogP contribution in [0.3, 0.4) is 0 Å². The minimum absolute atomic E-state index is 0.0431. The van der Waals surface area contributed by atoms with Gasteiger partial charge in [-0.1, -0.05) is 5.21 Å².